The minimum Gasteiger partial charge on any atom is -0.429 e. The summed E-state index contributed by atoms with van der Waals surface area (Å²) < 4.78 is 4.51. The maximum atomic E-state index is 7.99. The molecule has 2 nitrogen and oxygen atoms in total. The number of hydrogen-bond acceptors (Lipinski definition) is 2. The normalized spacial score (nSPS) is 9.25. The van der Waals surface area contributed by atoms with Crippen LogP contribution in [0.15, 0.2) is 0 Å². The molecule has 0 spiro atoms. The molecule has 0 unspecified atom stereocenters. The average molecular weight is 135 g/mol. The minimum atomic E-state index is 0.559. The van der Waals surface area contributed by atoms with Gasteiger partial charge in [0.1, 0.15) is 0 Å². The van der Waals surface area contributed by atoms with E-state index < -0.39 is 0 Å². The number of halogens is 1. The average Bonchev–Trinajstić information content (AvgIpc) is 1.81. The lowest BCUT2D eigenvalue weighted by Crippen LogP contribution is -1.98. The maximum absolute atomic E-state index is 7.99. The molecule has 4 heteroatoms. The van der Waals surface area contributed by atoms with E-state index in [0.717, 1.165) is 12.8 Å². The summed E-state index contributed by atoms with van der Waals surface area (Å²) in [5, 5.41) is 7.99. The summed E-state index contributed by atoms with van der Waals surface area (Å²) in [7, 11) is 0.703. The van der Waals surface area contributed by atoms with Crippen molar-refractivity contribution in [3.63, 3.8) is 0 Å². The molecule has 1 radical (unpaired) electrons. The van der Waals surface area contributed by atoms with Crippen molar-refractivity contribution < 1.29 is 9.68 Å². The highest BCUT2D eigenvalue weighted by Crippen LogP contribution is 1.90. The first-order chi connectivity index (χ1) is 3.91. The first-order valence-corrected chi connectivity index (χ1v) is 3.08. The van der Waals surface area contributed by atoms with Crippen LogP contribution >= 0.6 is 11.6 Å². The topological polar surface area (TPSA) is 29.5 Å². The van der Waals surface area contributed by atoms with Crippen LogP contribution in [0.1, 0.15) is 12.8 Å². The fourth-order valence-corrected chi connectivity index (χ4v) is 0.522. The second-order valence-corrected chi connectivity index (χ2v) is 1.75. The Bertz CT molecular complexity index is 39.0. The summed E-state index contributed by atoms with van der Waals surface area (Å²) in [6.45, 7) is 0.559. The van der Waals surface area contributed by atoms with Crippen molar-refractivity contribution in [2.24, 2.45) is 0 Å². The van der Waals surface area contributed by atoms with Gasteiger partial charge in [0.05, 0.1) is 0 Å². The van der Waals surface area contributed by atoms with Gasteiger partial charge in [0.15, 0.2) is 0 Å². The summed E-state index contributed by atoms with van der Waals surface area (Å²) in [6, 6.07) is 0. The molecule has 0 amide bonds. The molecule has 0 aliphatic rings. The lowest BCUT2D eigenvalue weighted by Gasteiger charge is -1.94. The SMILES string of the molecule is O[B]OCCCCCl. The molecule has 0 bridgehead atoms. The number of unbranched alkanes of at least 4 members (excludes halogenated alkanes) is 1. The van der Waals surface area contributed by atoms with Gasteiger partial charge in [0, 0.05) is 12.5 Å². The van der Waals surface area contributed by atoms with Crippen molar-refractivity contribution in [3.8, 4) is 0 Å². The second-order valence-electron chi connectivity index (χ2n) is 1.37. The van der Waals surface area contributed by atoms with Crippen LogP contribution in [0.2, 0.25) is 0 Å². The Hall–Kier alpha value is 0.275. The highest BCUT2D eigenvalue weighted by atomic mass is 35.5. The molecule has 1 N–H and O–H groups in total. The standard InChI is InChI=1S/C4H9BClO2/c6-3-1-2-4-8-5-7/h7H,1-4H2. The lowest BCUT2D eigenvalue weighted by atomic mass is 10.3. The molecule has 8 heavy (non-hydrogen) atoms. The van der Waals surface area contributed by atoms with Crippen LogP contribution in [0, 0.1) is 0 Å². The molecular formula is C4H9BClO2. The lowest BCUT2D eigenvalue weighted by molar-refractivity contribution is 0.278. The molecule has 0 aromatic carbocycles. The van der Waals surface area contributed by atoms with E-state index >= 15 is 0 Å². The van der Waals surface area contributed by atoms with Crippen molar-refractivity contribution in [3.05, 3.63) is 0 Å². The smallest absolute Gasteiger partial charge is 0.429 e. The van der Waals surface area contributed by atoms with E-state index in [1.807, 2.05) is 0 Å². The van der Waals surface area contributed by atoms with Crippen molar-refractivity contribution in [1.82, 2.24) is 0 Å². The van der Waals surface area contributed by atoms with E-state index in [1.54, 1.807) is 0 Å². The van der Waals surface area contributed by atoms with Gasteiger partial charge >= 0.3 is 7.69 Å². The van der Waals surface area contributed by atoms with E-state index in [-0.39, 0.29) is 0 Å². The summed E-state index contributed by atoms with van der Waals surface area (Å²) in [4.78, 5) is 0. The van der Waals surface area contributed by atoms with Gasteiger partial charge in [-0.15, -0.1) is 11.6 Å². The van der Waals surface area contributed by atoms with E-state index in [9.17, 15) is 0 Å². The third-order valence-corrected chi connectivity index (χ3v) is 0.988. The predicted molar refractivity (Wildman–Crippen MR) is 33.9 cm³/mol. The molecule has 0 rings (SSSR count). The number of rotatable bonds is 5. The fourth-order valence-electron chi connectivity index (χ4n) is 0.333. The molecule has 0 atom stereocenters. The Balaban J connectivity index is 2.53. The van der Waals surface area contributed by atoms with Gasteiger partial charge in [-0.3, -0.25) is 0 Å². The van der Waals surface area contributed by atoms with Crippen molar-refractivity contribution in [2.75, 3.05) is 12.5 Å². The van der Waals surface area contributed by atoms with E-state index in [0.29, 0.717) is 20.2 Å². The molecular weight excluding hydrogens is 126 g/mol. The molecule has 0 aliphatic carbocycles. The number of alkyl halides is 1. The van der Waals surface area contributed by atoms with Crippen LogP contribution in [0.25, 0.3) is 0 Å². The van der Waals surface area contributed by atoms with Crippen LogP contribution < -0.4 is 0 Å². The quantitative estimate of drug-likeness (QED) is 0.339. The van der Waals surface area contributed by atoms with Crippen molar-refractivity contribution in [2.45, 2.75) is 12.8 Å². The molecule has 0 fully saturated rings. The maximum Gasteiger partial charge on any atom is 0.485 e. The largest absolute Gasteiger partial charge is 0.485 e. The summed E-state index contributed by atoms with van der Waals surface area (Å²) in [5.41, 5.74) is 0. The van der Waals surface area contributed by atoms with Gasteiger partial charge in [0.2, 0.25) is 0 Å². The minimum absolute atomic E-state index is 0.559. The van der Waals surface area contributed by atoms with Gasteiger partial charge in [0.25, 0.3) is 0 Å². The highest BCUT2D eigenvalue weighted by molar-refractivity contribution is 6.17. The zero-order valence-electron chi connectivity index (χ0n) is 4.64. The van der Waals surface area contributed by atoms with Gasteiger partial charge in [-0.2, -0.15) is 0 Å². The van der Waals surface area contributed by atoms with Crippen LogP contribution in [0.3, 0.4) is 0 Å². The summed E-state index contributed by atoms with van der Waals surface area (Å²) in [6.07, 6.45) is 1.84. The summed E-state index contributed by atoms with van der Waals surface area (Å²) >= 11 is 5.35. The first kappa shape index (κ1) is 8.27. The van der Waals surface area contributed by atoms with E-state index in [2.05, 4.69) is 4.65 Å². The zero-order chi connectivity index (χ0) is 6.24. The second kappa shape index (κ2) is 7.27. The predicted octanol–water partition coefficient (Wildman–Crippen LogP) is 0.548. The van der Waals surface area contributed by atoms with Gasteiger partial charge < -0.3 is 9.68 Å². The Labute approximate surface area is 55.1 Å². The monoisotopic (exact) mass is 135 g/mol. The Morgan fingerprint density at radius 3 is 2.75 bits per heavy atom. The zero-order valence-corrected chi connectivity index (χ0v) is 5.40. The highest BCUT2D eigenvalue weighted by Gasteiger charge is 1.86. The Morgan fingerprint density at radius 1 is 1.50 bits per heavy atom. The van der Waals surface area contributed by atoms with Crippen LogP contribution in [0.5, 0.6) is 0 Å². The molecule has 0 aromatic heterocycles. The van der Waals surface area contributed by atoms with Gasteiger partial charge in [-0.05, 0) is 12.8 Å². The fraction of sp³-hybridized carbons (Fsp3) is 1.00. The molecule has 0 saturated carbocycles. The van der Waals surface area contributed by atoms with E-state index in [4.69, 9.17) is 16.6 Å². The van der Waals surface area contributed by atoms with Crippen LogP contribution in [0.4, 0.5) is 0 Å². The third-order valence-electron chi connectivity index (χ3n) is 0.720. The third kappa shape index (κ3) is 6.27. The molecule has 0 aromatic rings. The molecule has 0 aliphatic heterocycles. The van der Waals surface area contributed by atoms with Gasteiger partial charge in [-0.1, -0.05) is 0 Å². The van der Waals surface area contributed by atoms with Crippen LogP contribution in [-0.4, -0.2) is 25.2 Å². The van der Waals surface area contributed by atoms with E-state index in [1.165, 1.54) is 0 Å². The molecule has 0 heterocycles. The first-order valence-electron chi connectivity index (χ1n) is 2.55. The Morgan fingerprint density at radius 2 is 2.25 bits per heavy atom. The number of hydrogen-bond donors (Lipinski definition) is 1. The van der Waals surface area contributed by atoms with Crippen LogP contribution in [-0.2, 0) is 4.65 Å². The molecule has 47 valence electrons. The van der Waals surface area contributed by atoms with Crippen molar-refractivity contribution in [1.29, 1.82) is 0 Å². The Kier molecular flexibility index (Phi) is 7.52. The van der Waals surface area contributed by atoms with Gasteiger partial charge in [-0.25, -0.2) is 0 Å². The summed E-state index contributed by atoms with van der Waals surface area (Å²) in [5.74, 6) is 0.661. The van der Waals surface area contributed by atoms with Crippen molar-refractivity contribution >= 4 is 19.3 Å². The molecule has 0 saturated heterocycles.